The molecule has 1 unspecified atom stereocenters. The largest absolute Gasteiger partial charge is 0.249 e. The van der Waals surface area contributed by atoms with Gasteiger partial charge in [-0.05, 0) is 54.4 Å². The Hall–Kier alpha value is -2.62. The van der Waals surface area contributed by atoms with Crippen LogP contribution in [0.2, 0.25) is 0 Å². The van der Waals surface area contributed by atoms with Crippen LogP contribution in [0.1, 0.15) is 5.56 Å². The highest BCUT2D eigenvalue weighted by Gasteiger charge is 2.13. The van der Waals surface area contributed by atoms with Crippen LogP contribution in [0.25, 0.3) is 11.1 Å². The van der Waals surface area contributed by atoms with Crippen LogP contribution < -0.4 is 0 Å². The first-order valence-electron chi connectivity index (χ1n) is 9.11. The van der Waals surface area contributed by atoms with Crippen molar-refractivity contribution in [2.24, 2.45) is 0 Å². The van der Waals surface area contributed by atoms with Crippen molar-refractivity contribution in [2.45, 2.75) is 26.5 Å². The maximum atomic E-state index is 13.2. The van der Waals surface area contributed by atoms with E-state index in [1.54, 1.807) is 11.8 Å². The second-order valence-electron chi connectivity index (χ2n) is 6.52. The smallest absolute Gasteiger partial charge is 0.0861 e. The Balaban J connectivity index is 1.60. The van der Waals surface area contributed by atoms with Crippen LogP contribution in [0.15, 0.2) is 123 Å². The maximum Gasteiger partial charge on any atom is 0.0861 e. The van der Waals surface area contributed by atoms with E-state index in [9.17, 15) is 4.21 Å². The van der Waals surface area contributed by atoms with Gasteiger partial charge in [-0.25, -0.2) is 4.21 Å². The van der Waals surface area contributed by atoms with Crippen LogP contribution in [-0.2, 0) is 10.8 Å². The lowest BCUT2D eigenvalue weighted by Crippen LogP contribution is -1.95. The molecule has 4 rings (SSSR count). The molecule has 0 amide bonds. The Morgan fingerprint density at radius 2 is 1.21 bits per heavy atom. The maximum absolute atomic E-state index is 13.2. The Kier molecular flexibility index (Phi) is 5.75. The zero-order valence-electron chi connectivity index (χ0n) is 15.5. The SMILES string of the molecule is Cc1ccc(-c2ccc(S(=O)c3ccccc3Sc3ccccc3)cc2)cc1. The van der Waals surface area contributed by atoms with E-state index < -0.39 is 10.8 Å². The number of hydrogen-bond donors (Lipinski definition) is 0. The summed E-state index contributed by atoms with van der Waals surface area (Å²) in [4.78, 5) is 3.83. The minimum Gasteiger partial charge on any atom is -0.249 e. The normalized spacial score (nSPS) is 11.9. The summed E-state index contributed by atoms with van der Waals surface area (Å²) in [6.07, 6.45) is 0. The van der Waals surface area contributed by atoms with E-state index >= 15 is 0 Å². The van der Waals surface area contributed by atoms with Gasteiger partial charge in [0.15, 0.2) is 0 Å². The lowest BCUT2D eigenvalue weighted by atomic mass is 10.0. The van der Waals surface area contributed by atoms with E-state index in [-0.39, 0.29) is 0 Å². The summed E-state index contributed by atoms with van der Waals surface area (Å²) in [7, 11) is -1.22. The first kappa shape index (κ1) is 18.7. The molecule has 0 aliphatic rings. The summed E-state index contributed by atoms with van der Waals surface area (Å²) in [5.74, 6) is 0. The fraction of sp³-hybridized carbons (Fsp3) is 0.0400. The third-order valence-electron chi connectivity index (χ3n) is 4.47. The van der Waals surface area contributed by atoms with Crippen molar-refractivity contribution in [3.05, 3.63) is 109 Å². The van der Waals surface area contributed by atoms with Crippen molar-refractivity contribution in [2.75, 3.05) is 0 Å². The van der Waals surface area contributed by atoms with Gasteiger partial charge < -0.3 is 0 Å². The highest BCUT2D eigenvalue weighted by atomic mass is 32.2. The standard InChI is InChI=1S/C25H20OS2/c1-19-11-13-20(14-12-19)21-15-17-23(18-16-21)28(26)25-10-6-5-9-24(25)27-22-7-3-2-4-8-22/h2-18H,1H3. The monoisotopic (exact) mass is 400 g/mol. The number of hydrogen-bond acceptors (Lipinski definition) is 2. The number of aryl methyl sites for hydroxylation is 1. The van der Waals surface area contributed by atoms with Crippen LogP contribution in [0, 0.1) is 6.92 Å². The highest BCUT2D eigenvalue weighted by Crippen LogP contribution is 2.34. The van der Waals surface area contributed by atoms with Gasteiger partial charge in [0.2, 0.25) is 0 Å². The molecule has 0 fully saturated rings. The van der Waals surface area contributed by atoms with Crippen LogP contribution >= 0.6 is 11.8 Å². The Bertz CT molecular complexity index is 1090. The van der Waals surface area contributed by atoms with Crippen molar-refractivity contribution in [3.63, 3.8) is 0 Å². The zero-order valence-corrected chi connectivity index (χ0v) is 17.2. The molecule has 0 saturated carbocycles. The van der Waals surface area contributed by atoms with Crippen LogP contribution in [0.4, 0.5) is 0 Å². The van der Waals surface area contributed by atoms with Crippen molar-refractivity contribution in [1.82, 2.24) is 0 Å². The second-order valence-corrected chi connectivity index (χ2v) is 9.09. The van der Waals surface area contributed by atoms with E-state index in [4.69, 9.17) is 0 Å². The molecule has 1 atom stereocenters. The summed E-state index contributed by atoms with van der Waals surface area (Å²) in [5.41, 5.74) is 3.55. The first-order chi connectivity index (χ1) is 13.7. The Morgan fingerprint density at radius 3 is 1.89 bits per heavy atom. The summed E-state index contributed by atoms with van der Waals surface area (Å²) >= 11 is 1.65. The van der Waals surface area contributed by atoms with Crippen molar-refractivity contribution in [3.8, 4) is 11.1 Å². The summed E-state index contributed by atoms with van der Waals surface area (Å²) in [6, 6.07) is 34.6. The predicted octanol–water partition coefficient (Wildman–Crippen LogP) is 6.98. The third kappa shape index (κ3) is 4.27. The van der Waals surface area contributed by atoms with Crippen molar-refractivity contribution >= 4 is 22.6 Å². The van der Waals surface area contributed by atoms with Gasteiger partial charge >= 0.3 is 0 Å². The second kappa shape index (κ2) is 8.59. The fourth-order valence-corrected chi connectivity index (χ4v) is 5.25. The average Bonchev–Trinajstić information content (AvgIpc) is 2.75. The fourth-order valence-electron chi connectivity index (χ4n) is 2.95. The molecule has 4 aromatic carbocycles. The number of benzene rings is 4. The van der Waals surface area contributed by atoms with Gasteiger partial charge in [0, 0.05) is 14.7 Å². The minimum atomic E-state index is -1.22. The average molecular weight is 401 g/mol. The van der Waals surface area contributed by atoms with E-state index in [1.807, 2.05) is 66.7 Å². The van der Waals surface area contributed by atoms with Gasteiger partial charge in [-0.15, -0.1) is 0 Å². The molecule has 0 saturated heterocycles. The first-order valence-corrected chi connectivity index (χ1v) is 11.1. The number of rotatable bonds is 5. The highest BCUT2D eigenvalue weighted by molar-refractivity contribution is 8.00. The van der Waals surface area contributed by atoms with E-state index in [0.717, 1.165) is 25.1 Å². The lowest BCUT2D eigenvalue weighted by molar-refractivity contribution is 0.681. The molecular formula is C25H20OS2. The predicted molar refractivity (Wildman–Crippen MR) is 118 cm³/mol. The summed E-state index contributed by atoms with van der Waals surface area (Å²) in [6.45, 7) is 2.08. The summed E-state index contributed by atoms with van der Waals surface area (Å²) in [5, 5.41) is 0. The van der Waals surface area contributed by atoms with Crippen LogP contribution in [-0.4, -0.2) is 4.21 Å². The van der Waals surface area contributed by atoms with Crippen LogP contribution in [0.5, 0.6) is 0 Å². The third-order valence-corrected chi connectivity index (χ3v) is 7.14. The van der Waals surface area contributed by atoms with Crippen LogP contribution in [0.3, 0.4) is 0 Å². The summed E-state index contributed by atoms with van der Waals surface area (Å²) < 4.78 is 13.2. The van der Waals surface area contributed by atoms with Gasteiger partial charge in [-0.1, -0.05) is 84.1 Å². The quantitative estimate of drug-likeness (QED) is 0.359. The van der Waals surface area contributed by atoms with E-state index in [0.29, 0.717) is 0 Å². The van der Waals surface area contributed by atoms with Crippen molar-refractivity contribution in [1.29, 1.82) is 0 Å². The van der Waals surface area contributed by atoms with Gasteiger partial charge in [0.05, 0.1) is 15.7 Å². The van der Waals surface area contributed by atoms with Gasteiger partial charge in [0.1, 0.15) is 0 Å². The molecule has 0 aromatic heterocycles. The van der Waals surface area contributed by atoms with Gasteiger partial charge in [0.25, 0.3) is 0 Å². The van der Waals surface area contributed by atoms with Gasteiger partial charge in [-0.2, -0.15) is 0 Å². The van der Waals surface area contributed by atoms with E-state index in [1.165, 1.54) is 11.1 Å². The van der Waals surface area contributed by atoms with E-state index in [2.05, 4.69) is 43.3 Å². The molecule has 1 nitrogen and oxygen atoms in total. The van der Waals surface area contributed by atoms with Gasteiger partial charge in [-0.3, -0.25) is 0 Å². The minimum absolute atomic E-state index is 0.817. The molecular weight excluding hydrogens is 380 g/mol. The Morgan fingerprint density at radius 1 is 0.643 bits per heavy atom. The molecule has 138 valence electrons. The zero-order chi connectivity index (χ0) is 19.3. The molecule has 0 bridgehead atoms. The molecule has 0 radical (unpaired) electrons. The molecule has 0 heterocycles. The molecule has 4 aromatic rings. The molecule has 0 spiro atoms. The lowest BCUT2D eigenvalue weighted by Gasteiger charge is -2.10. The topological polar surface area (TPSA) is 17.1 Å². The van der Waals surface area contributed by atoms with Crippen molar-refractivity contribution < 1.29 is 4.21 Å². The Labute approximate surface area is 172 Å². The molecule has 0 aliphatic carbocycles. The molecule has 3 heteroatoms. The molecule has 28 heavy (non-hydrogen) atoms. The molecule has 0 N–H and O–H groups in total. The molecule has 0 aliphatic heterocycles.